The van der Waals surface area contributed by atoms with Crippen molar-refractivity contribution in [1.29, 1.82) is 0 Å². The van der Waals surface area contributed by atoms with Gasteiger partial charge in [-0.3, -0.25) is 0 Å². The van der Waals surface area contributed by atoms with Gasteiger partial charge in [0, 0.05) is 17.3 Å². The van der Waals surface area contributed by atoms with Crippen LogP contribution in [0, 0.1) is 0 Å². The van der Waals surface area contributed by atoms with Gasteiger partial charge in [-0.15, -0.1) is 0 Å². The van der Waals surface area contributed by atoms with E-state index in [1.54, 1.807) is 0 Å². The molecule has 0 saturated carbocycles. The van der Waals surface area contributed by atoms with Gasteiger partial charge in [-0.05, 0) is 12.8 Å². The molecule has 0 aromatic rings. The zero-order valence-electron chi connectivity index (χ0n) is 7.68. The first kappa shape index (κ1) is 10.5. The second-order valence-electron chi connectivity index (χ2n) is 2.98. The van der Waals surface area contributed by atoms with E-state index in [0.717, 1.165) is 30.2 Å². The van der Waals surface area contributed by atoms with Gasteiger partial charge >= 0.3 is 5.97 Å². The number of rotatable bonds is 4. The summed E-state index contributed by atoms with van der Waals surface area (Å²) in [5.41, 5.74) is 2.09. The van der Waals surface area contributed by atoms with E-state index < -0.39 is 0 Å². The number of alkyl halides is 1. The van der Waals surface area contributed by atoms with Crippen molar-refractivity contribution in [1.82, 2.24) is 0 Å². The number of halogens is 1. The first-order chi connectivity index (χ1) is 6.27. The lowest BCUT2D eigenvalue weighted by Gasteiger charge is -2.02. The monoisotopic (exact) mass is 244 g/mol. The van der Waals surface area contributed by atoms with Crippen LogP contribution in [0.5, 0.6) is 0 Å². The quantitative estimate of drug-likeness (QED) is 0.562. The van der Waals surface area contributed by atoms with Gasteiger partial charge in [0.05, 0.1) is 7.11 Å². The molecule has 0 aromatic carbocycles. The smallest absolute Gasteiger partial charge is 0.334 e. The van der Waals surface area contributed by atoms with Crippen LogP contribution in [-0.4, -0.2) is 18.4 Å². The molecular formula is C10H13BrO2. The lowest BCUT2D eigenvalue weighted by Crippen LogP contribution is -2.03. The molecule has 3 heteroatoms. The third-order valence-electron chi connectivity index (χ3n) is 2.02. The molecule has 0 atom stereocenters. The van der Waals surface area contributed by atoms with E-state index in [-0.39, 0.29) is 5.97 Å². The molecule has 72 valence electrons. The third kappa shape index (κ3) is 2.99. The summed E-state index contributed by atoms with van der Waals surface area (Å²) in [6.07, 6.45) is 6.82. The van der Waals surface area contributed by atoms with Crippen LogP contribution in [-0.2, 0) is 9.53 Å². The van der Waals surface area contributed by atoms with Crippen LogP contribution < -0.4 is 0 Å². The Morgan fingerprint density at radius 3 is 3.00 bits per heavy atom. The maximum atomic E-state index is 11.1. The fourth-order valence-electron chi connectivity index (χ4n) is 1.32. The summed E-state index contributed by atoms with van der Waals surface area (Å²) in [5, 5.41) is 1.01. The normalized spacial score (nSPS) is 15.2. The van der Waals surface area contributed by atoms with Gasteiger partial charge in [0.2, 0.25) is 0 Å². The fourth-order valence-corrected chi connectivity index (χ4v) is 1.60. The van der Waals surface area contributed by atoms with Crippen LogP contribution in [0.1, 0.15) is 19.3 Å². The van der Waals surface area contributed by atoms with Gasteiger partial charge in [0.1, 0.15) is 0 Å². The Labute approximate surface area is 86.8 Å². The van der Waals surface area contributed by atoms with E-state index >= 15 is 0 Å². The largest absolute Gasteiger partial charge is 0.466 e. The minimum Gasteiger partial charge on any atom is -0.466 e. The highest BCUT2D eigenvalue weighted by molar-refractivity contribution is 9.09. The van der Waals surface area contributed by atoms with Gasteiger partial charge in [-0.25, -0.2) is 4.79 Å². The maximum Gasteiger partial charge on any atom is 0.334 e. The molecule has 1 aliphatic rings. The SMILES string of the molecule is COC(=O)C1=CC=C(CCCBr)C1. The molecule has 0 aliphatic heterocycles. The second-order valence-corrected chi connectivity index (χ2v) is 3.77. The first-order valence-corrected chi connectivity index (χ1v) is 5.43. The Balaban J connectivity index is 2.35. The Hall–Kier alpha value is -0.570. The minimum absolute atomic E-state index is 0.204. The van der Waals surface area contributed by atoms with E-state index in [1.165, 1.54) is 12.7 Å². The van der Waals surface area contributed by atoms with Crippen molar-refractivity contribution in [2.45, 2.75) is 19.3 Å². The molecule has 0 fully saturated rings. The summed E-state index contributed by atoms with van der Waals surface area (Å²) >= 11 is 3.38. The van der Waals surface area contributed by atoms with Crippen LogP contribution >= 0.6 is 15.9 Å². The van der Waals surface area contributed by atoms with Crippen molar-refractivity contribution in [3.8, 4) is 0 Å². The van der Waals surface area contributed by atoms with E-state index in [1.807, 2.05) is 12.2 Å². The van der Waals surface area contributed by atoms with Gasteiger partial charge < -0.3 is 4.74 Å². The van der Waals surface area contributed by atoms with E-state index in [2.05, 4.69) is 20.7 Å². The Morgan fingerprint density at radius 2 is 2.38 bits per heavy atom. The number of methoxy groups -OCH3 is 1. The molecule has 13 heavy (non-hydrogen) atoms. The Bertz CT molecular complexity index is 254. The highest BCUT2D eigenvalue weighted by Gasteiger charge is 2.14. The lowest BCUT2D eigenvalue weighted by molar-refractivity contribution is -0.136. The number of allylic oxidation sites excluding steroid dienone is 3. The van der Waals surface area contributed by atoms with Gasteiger partial charge in [-0.2, -0.15) is 0 Å². The molecule has 0 bridgehead atoms. The van der Waals surface area contributed by atoms with Crippen LogP contribution in [0.3, 0.4) is 0 Å². The molecule has 0 amide bonds. The van der Waals surface area contributed by atoms with Crippen molar-refractivity contribution in [2.24, 2.45) is 0 Å². The van der Waals surface area contributed by atoms with Crippen molar-refractivity contribution in [2.75, 3.05) is 12.4 Å². The summed E-state index contributed by atoms with van der Waals surface area (Å²) in [5.74, 6) is -0.204. The zero-order chi connectivity index (χ0) is 9.68. The highest BCUT2D eigenvalue weighted by atomic mass is 79.9. The average molecular weight is 245 g/mol. The molecule has 1 aliphatic carbocycles. The number of carbonyl (C=O) groups excluding carboxylic acids is 1. The van der Waals surface area contributed by atoms with Crippen LogP contribution in [0.25, 0.3) is 0 Å². The molecule has 0 heterocycles. The van der Waals surface area contributed by atoms with E-state index in [9.17, 15) is 4.79 Å². The number of carbonyl (C=O) groups is 1. The Morgan fingerprint density at radius 1 is 1.62 bits per heavy atom. The molecule has 0 saturated heterocycles. The number of ether oxygens (including phenoxy) is 1. The Kier molecular flexibility index (Phi) is 4.22. The predicted molar refractivity (Wildman–Crippen MR) is 55.8 cm³/mol. The van der Waals surface area contributed by atoms with E-state index in [4.69, 9.17) is 0 Å². The molecule has 0 aromatic heterocycles. The lowest BCUT2D eigenvalue weighted by atomic mass is 10.1. The molecule has 2 nitrogen and oxygen atoms in total. The van der Waals surface area contributed by atoms with Gasteiger partial charge in [-0.1, -0.05) is 33.7 Å². The topological polar surface area (TPSA) is 26.3 Å². The van der Waals surface area contributed by atoms with Gasteiger partial charge in [0.15, 0.2) is 0 Å². The van der Waals surface area contributed by atoms with Crippen LogP contribution in [0.4, 0.5) is 0 Å². The molecule has 0 radical (unpaired) electrons. The zero-order valence-corrected chi connectivity index (χ0v) is 9.26. The summed E-state index contributed by atoms with van der Waals surface area (Å²) < 4.78 is 4.64. The summed E-state index contributed by atoms with van der Waals surface area (Å²) in [6, 6.07) is 0. The molecule has 1 rings (SSSR count). The number of hydrogen-bond acceptors (Lipinski definition) is 2. The fraction of sp³-hybridized carbons (Fsp3) is 0.500. The summed E-state index contributed by atoms with van der Waals surface area (Å²) in [7, 11) is 1.42. The highest BCUT2D eigenvalue weighted by Crippen LogP contribution is 2.23. The molecular weight excluding hydrogens is 232 g/mol. The third-order valence-corrected chi connectivity index (χ3v) is 2.58. The van der Waals surface area contributed by atoms with Crippen LogP contribution in [0.2, 0.25) is 0 Å². The predicted octanol–water partition coefficient (Wildman–Crippen LogP) is 2.59. The van der Waals surface area contributed by atoms with Crippen molar-refractivity contribution < 1.29 is 9.53 Å². The number of esters is 1. The van der Waals surface area contributed by atoms with Crippen molar-refractivity contribution >= 4 is 21.9 Å². The van der Waals surface area contributed by atoms with E-state index in [0.29, 0.717) is 0 Å². The molecule has 0 N–H and O–H groups in total. The van der Waals surface area contributed by atoms with Crippen LogP contribution in [0.15, 0.2) is 23.3 Å². The molecule has 0 unspecified atom stereocenters. The number of hydrogen-bond donors (Lipinski definition) is 0. The second kappa shape index (κ2) is 5.22. The van der Waals surface area contributed by atoms with Crippen molar-refractivity contribution in [3.05, 3.63) is 23.3 Å². The molecule has 0 spiro atoms. The standard InChI is InChI=1S/C10H13BrO2/c1-13-10(12)9-5-4-8(7-9)3-2-6-11/h4-5H,2-3,6-7H2,1H3. The summed E-state index contributed by atoms with van der Waals surface area (Å²) in [4.78, 5) is 11.1. The van der Waals surface area contributed by atoms with Gasteiger partial charge in [0.25, 0.3) is 0 Å². The average Bonchev–Trinajstić information content (AvgIpc) is 2.62. The maximum absolute atomic E-state index is 11.1. The summed E-state index contributed by atoms with van der Waals surface area (Å²) in [6.45, 7) is 0. The minimum atomic E-state index is -0.204. The first-order valence-electron chi connectivity index (χ1n) is 4.31. The van der Waals surface area contributed by atoms with Crippen molar-refractivity contribution in [3.63, 3.8) is 0 Å².